The Balaban J connectivity index is 3.14. The highest BCUT2D eigenvalue weighted by Gasteiger charge is 2.01. The van der Waals surface area contributed by atoms with E-state index in [0.717, 1.165) is 0 Å². The second-order valence-corrected chi connectivity index (χ2v) is 3.26. The molecule has 0 aromatic carbocycles. The van der Waals surface area contributed by atoms with Crippen molar-refractivity contribution in [3.8, 4) is 0 Å². The summed E-state index contributed by atoms with van der Waals surface area (Å²) in [7, 11) is 0. The van der Waals surface area contributed by atoms with Crippen molar-refractivity contribution in [3.63, 3.8) is 0 Å². The molecule has 1 atom stereocenters. The van der Waals surface area contributed by atoms with Crippen LogP contribution in [0.3, 0.4) is 0 Å². The minimum absolute atomic E-state index is 0.356. The molecule has 5 nitrogen and oxygen atoms in total. The van der Waals surface area contributed by atoms with Gasteiger partial charge in [-0.3, -0.25) is 0 Å². The van der Waals surface area contributed by atoms with E-state index in [1.165, 1.54) is 0 Å². The van der Waals surface area contributed by atoms with Gasteiger partial charge in [-0.2, -0.15) is 5.14 Å². The topological polar surface area (TPSA) is 87.4 Å². The minimum Gasteiger partial charge on any atom is -0.598 e. The van der Waals surface area contributed by atoms with Crippen molar-refractivity contribution < 1.29 is 14.1 Å². The van der Waals surface area contributed by atoms with Crippen molar-refractivity contribution in [2.24, 2.45) is 5.14 Å². The lowest BCUT2D eigenvalue weighted by Gasteiger charge is -2.05. The lowest BCUT2D eigenvalue weighted by Crippen LogP contribution is -2.27. The average Bonchev–Trinajstić information content (AvgIpc) is 1.98. The highest BCUT2D eigenvalue weighted by Crippen LogP contribution is 1.84. The summed E-state index contributed by atoms with van der Waals surface area (Å²) in [5.41, 5.74) is 0. The maximum Gasteiger partial charge on any atom is 0.407 e. The smallest absolute Gasteiger partial charge is 0.407 e. The molecule has 0 aliphatic rings. The summed E-state index contributed by atoms with van der Waals surface area (Å²) in [6, 6.07) is 0. The number of nitrogens with one attached hydrogen (secondary N) is 1. The first kappa shape index (κ1) is 11.5. The molecular formula is C6H14N2O3S. The van der Waals surface area contributed by atoms with Crippen molar-refractivity contribution in [2.75, 3.05) is 18.9 Å². The number of rotatable bonds is 5. The molecular weight excluding hydrogens is 180 g/mol. The van der Waals surface area contributed by atoms with E-state index < -0.39 is 17.5 Å². The molecule has 0 saturated carbocycles. The number of carbonyl (C=O) groups excluding carboxylic acids is 1. The van der Waals surface area contributed by atoms with E-state index in [4.69, 9.17) is 5.14 Å². The Kier molecular flexibility index (Phi) is 6.93. The SMILES string of the molecule is CCOC(=O)NCCC[S+](N)[O-]. The Labute approximate surface area is 75.0 Å². The second-order valence-electron chi connectivity index (χ2n) is 2.09. The van der Waals surface area contributed by atoms with Crippen LogP contribution in [-0.2, 0) is 16.1 Å². The maximum atomic E-state index is 10.6. The highest BCUT2D eigenvalue weighted by molar-refractivity contribution is 7.89. The molecule has 0 radical (unpaired) electrons. The summed E-state index contributed by atoms with van der Waals surface area (Å²) >= 11 is -1.28. The molecule has 0 heterocycles. The van der Waals surface area contributed by atoms with Gasteiger partial charge >= 0.3 is 6.09 Å². The normalized spacial score (nSPS) is 12.2. The predicted molar refractivity (Wildman–Crippen MR) is 46.8 cm³/mol. The first-order chi connectivity index (χ1) is 5.66. The molecule has 0 aromatic rings. The van der Waals surface area contributed by atoms with Gasteiger partial charge in [0.1, 0.15) is 5.75 Å². The van der Waals surface area contributed by atoms with E-state index >= 15 is 0 Å². The quantitative estimate of drug-likeness (QED) is 0.466. The summed E-state index contributed by atoms with van der Waals surface area (Å²) in [6.45, 7) is 2.53. The predicted octanol–water partition coefficient (Wildman–Crippen LogP) is -0.255. The summed E-state index contributed by atoms with van der Waals surface area (Å²) < 4.78 is 15.0. The number of amides is 1. The Morgan fingerprint density at radius 1 is 1.75 bits per heavy atom. The van der Waals surface area contributed by atoms with Crippen LogP contribution in [0.25, 0.3) is 0 Å². The zero-order chi connectivity index (χ0) is 9.40. The van der Waals surface area contributed by atoms with Gasteiger partial charge in [0.2, 0.25) is 0 Å². The maximum absolute atomic E-state index is 10.6. The number of ether oxygens (including phenoxy) is 1. The summed E-state index contributed by atoms with van der Waals surface area (Å²) in [5, 5.41) is 7.48. The van der Waals surface area contributed by atoms with E-state index in [1.807, 2.05) is 0 Å². The van der Waals surface area contributed by atoms with Crippen LogP contribution in [-0.4, -0.2) is 29.6 Å². The molecule has 0 aromatic heterocycles. The fourth-order valence-corrected chi connectivity index (χ4v) is 1.02. The van der Waals surface area contributed by atoms with Gasteiger partial charge in [0.15, 0.2) is 0 Å². The minimum atomic E-state index is -1.28. The van der Waals surface area contributed by atoms with Crippen molar-refractivity contribution >= 4 is 17.5 Å². The fourth-order valence-electron chi connectivity index (χ4n) is 0.587. The molecule has 12 heavy (non-hydrogen) atoms. The molecule has 0 saturated heterocycles. The molecule has 6 heteroatoms. The molecule has 1 unspecified atom stereocenters. The lowest BCUT2D eigenvalue weighted by atomic mass is 10.5. The molecule has 72 valence electrons. The molecule has 0 spiro atoms. The van der Waals surface area contributed by atoms with Gasteiger partial charge in [-0.1, -0.05) is 0 Å². The number of hydrogen-bond acceptors (Lipinski definition) is 4. The highest BCUT2D eigenvalue weighted by atomic mass is 32.2. The van der Waals surface area contributed by atoms with Crippen LogP contribution in [0.5, 0.6) is 0 Å². The van der Waals surface area contributed by atoms with E-state index in [1.54, 1.807) is 6.92 Å². The van der Waals surface area contributed by atoms with Crippen molar-refractivity contribution in [2.45, 2.75) is 13.3 Å². The first-order valence-electron chi connectivity index (χ1n) is 3.70. The van der Waals surface area contributed by atoms with Gasteiger partial charge in [0, 0.05) is 24.3 Å². The van der Waals surface area contributed by atoms with Crippen molar-refractivity contribution in [3.05, 3.63) is 0 Å². The Morgan fingerprint density at radius 2 is 2.42 bits per heavy atom. The third-order valence-corrected chi connectivity index (χ3v) is 1.76. The largest absolute Gasteiger partial charge is 0.598 e. The second kappa shape index (κ2) is 7.20. The van der Waals surface area contributed by atoms with Crippen LogP contribution in [0, 0.1) is 0 Å². The van der Waals surface area contributed by atoms with Crippen LogP contribution >= 0.6 is 0 Å². The van der Waals surface area contributed by atoms with Crippen LogP contribution in [0.4, 0.5) is 4.79 Å². The van der Waals surface area contributed by atoms with E-state index in [2.05, 4.69) is 10.1 Å². The number of hydrogen-bond donors (Lipinski definition) is 2. The molecule has 0 aliphatic carbocycles. The zero-order valence-corrected chi connectivity index (χ0v) is 7.86. The Morgan fingerprint density at radius 3 is 2.92 bits per heavy atom. The van der Waals surface area contributed by atoms with E-state index in [0.29, 0.717) is 25.3 Å². The monoisotopic (exact) mass is 194 g/mol. The van der Waals surface area contributed by atoms with Gasteiger partial charge in [0.25, 0.3) is 0 Å². The van der Waals surface area contributed by atoms with Crippen LogP contribution in [0.2, 0.25) is 0 Å². The van der Waals surface area contributed by atoms with Crippen molar-refractivity contribution in [1.29, 1.82) is 0 Å². The molecule has 0 fully saturated rings. The molecule has 1 amide bonds. The average molecular weight is 194 g/mol. The number of alkyl carbamates (subject to hydrolysis) is 1. The molecule has 3 N–H and O–H groups in total. The lowest BCUT2D eigenvalue weighted by molar-refractivity contribution is 0.152. The summed E-state index contributed by atoms with van der Waals surface area (Å²) in [4.78, 5) is 10.6. The summed E-state index contributed by atoms with van der Waals surface area (Å²) in [5.74, 6) is 0.395. The van der Waals surface area contributed by atoms with Crippen LogP contribution in [0.15, 0.2) is 0 Å². The van der Waals surface area contributed by atoms with Gasteiger partial charge in [-0.15, -0.1) is 0 Å². The first-order valence-corrected chi connectivity index (χ1v) is 5.08. The molecule has 0 aliphatic heterocycles. The fraction of sp³-hybridized carbons (Fsp3) is 0.833. The molecule has 0 rings (SSSR count). The third-order valence-electron chi connectivity index (χ3n) is 1.07. The third kappa shape index (κ3) is 7.64. The van der Waals surface area contributed by atoms with E-state index in [9.17, 15) is 9.35 Å². The zero-order valence-electron chi connectivity index (χ0n) is 7.04. The Hall–Kier alpha value is -0.460. The van der Waals surface area contributed by atoms with E-state index in [-0.39, 0.29) is 0 Å². The van der Waals surface area contributed by atoms with Crippen LogP contribution < -0.4 is 10.5 Å². The van der Waals surface area contributed by atoms with Gasteiger partial charge in [-0.05, 0) is 6.92 Å². The Bertz CT molecular complexity index is 132. The summed E-state index contributed by atoms with van der Waals surface area (Å²) in [6.07, 6.45) is 0.155. The molecule has 0 bridgehead atoms. The standard InChI is InChI=1S/C6H14N2O3S/c1-2-11-6(9)8-4-3-5-12(7)10/h2-5,7H2,1H3,(H,8,9). The number of carbonyl (C=O) groups is 1. The van der Waals surface area contributed by atoms with Crippen LogP contribution in [0.1, 0.15) is 13.3 Å². The van der Waals surface area contributed by atoms with Crippen molar-refractivity contribution in [1.82, 2.24) is 5.32 Å². The van der Waals surface area contributed by atoms with Gasteiger partial charge < -0.3 is 14.6 Å². The van der Waals surface area contributed by atoms with Gasteiger partial charge in [0.05, 0.1) is 6.61 Å². The number of nitrogens with two attached hydrogens (primary N) is 1. The van der Waals surface area contributed by atoms with Gasteiger partial charge in [-0.25, -0.2) is 4.79 Å².